The van der Waals surface area contributed by atoms with Gasteiger partial charge in [0.05, 0.1) is 18.8 Å². The van der Waals surface area contributed by atoms with E-state index in [9.17, 15) is 0 Å². The van der Waals surface area contributed by atoms with Gasteiger partial charge in [0.2, 0.25) is 0 Å². The minimum atomic E-state index is -0.0806. The summed E-state index contributed by atoms with van der Waals surface area (Å²) in [6, 6.07) is 6.18. The normalized spacial score (nSPS) is 17.4. The number of rotatable bonds is 5. The van der Waals surface area contributed by atoms with Gasteiger partial charge in [0.1, 0.15) is 5.75 Å². The third-order valence-electron chi connectivity index (χ3n) is 3.76. The van der Waals surface area contributed by atoms with E-state index in [0.717, 1.165) is 24.3 Å². The van der Waals surface area contributed by atoms with E-state index in [-0.39, 0.29) is 17.6 Å². The highest BCUT2D eigenvalue weighted by molar-refractivity contribution is 5.46. The third kappa shape index (κ3) is 2.97. The molecule has 0 saturated heterocycles. The molecule has 0 saturated carbocycles. The number of fused-ring (bicyclic) bond motifs is 1. The van der Waals surface area contributed by atoms with Gasteiger partial charge >= 0.3 is 0 Å². The minimum Gasteiger partial charge on any atom is -0.493 e. The van der Waals surface area contributed by atoms with Gasteiger partial charge in [0, 0.05) is 18.6 Å². The Morgan fingerprint density at radius 2 is 2.15 bits per heavy atom. The van der Waals surface area contributed by atoms with Crippen molar-refractivity contribution in [3.63, 3.8) is 0 Å². The average molecular weight is 278 g/mol. The Labute approximate surface area is 121 Å². The number of hydrogen-bond acceptors (Lipinski definition) is 4. The van der Waals surface area contributed by atoms with Crippen molar-refractivity contribution in [2.24, 2.45) is 11.3 Å². The average Bonchev–Trinajstić information content (AvgIpc) is 2.86. The lowest BCUT2D eigenvalue weighted by atomic mass is 9.81. The molecular weight excluding hydrogens is 252 g/mol. The number of ether oxygens (including phenoxy) is 2. The SMILES string of the molecule is CCOC(C(NN)c1cccc2c1OCC2)C(C)(C)C. The Bertz CT molecular complexity index is 454. The summed E-state index contributed by atoms with van der Waals surface area (Å²) in [5.74, 6) is 6.82. The van der Waals surface area contributed by atoms with Gasteiger partial charge in [-0.2, -0.15) is 0 Å². The van der Waals surface area contributed by atoms with Crippen molar-refractivity contribution in [2.75, 3.05) is 13.2 Å². The molecule has 0 amide bonds. The molecule has 4 nitrogen and oxygen atoms in total. The monoisotopic (exact) mass is 278 g/mol. The highest BCUT2D eigenvalue weighted by Crippen LogP contribution is 2.39. The van der Waals surface area contributed by atoms with Crippen LogP contribution in [0, 0.1) is 5.41 Å². The van der Waals surface area contributed by atoms with E-state index in [1.807, 2.05) is 6.92 Å². The first kappa shape index (κ1) is 15.3. The maximum atomic E-state index is 5.98. The number of nitrogens with one attached hydrogen (secondary N) is 1. The highest BCUT2D eigenvalue weighted by Gasteiger charge is 2.35. The largest absolute Gasteiger partial charge is 0.493 e. The number of hydrogen-bond donors (Lipinski definition) is 2. The molecule has 0 radical (unpaired) electrons. The topological polar surface area (TPSA) is 56.5 Å². The zero-order chi connectivity index (χ0) is 14.8. The first-order valence-electron chi connectivity index (χ1n) is 7.31. The van der Waals surface area contributed by atoms with Crippen LogP contribution >= 0.6 is 0 Å². The van der Waals surface area contributed by atoms with Crippen LogP contribution in [0.1, 0.15) is 44.9 Å². The van der Waals surface area contributed by atoms with E-state index in [2.05, 4.69) is 44.4 Å². The molecule has 0 bridgehead atoms. The Morgan fingerprint density at radius 1 is 1.40 bits per heavy atom. The van der Waals surface area contributed by atoms with E-state index in [0.29, 0.717) is 6.61 Å². The molecule has 20 heavy (non-hydrogen) atoms. The zero-order valence-electron chi connectivity index (χ0n) is 12.9. The predicted octanol–water partition coefficient (Wildman–Crippen LogP) is 2.58. The molecule has 1 aromatic carbocycles. The molecule has 1 aromatic rings. The Hall–Kier alpha value is -1.10. The Morgan fingerprint density at radius 3 is 2.75 bits per heavy atom. The van der Waals surface area contributed by atoms with Crippen molar-refractivity contribution in [1.29, 1.82) is 0 Å². The lowest BCUT2D eigenvalue weighted by Crippen LogP contribution is -2.44. The van der Waals surface area contributed by atoms with Crippen LogP contribution in [0.3, 0.4) is 0 Å². The van der Waals surface area contributed by atoms with Crippen molar-refractivity contribution in [1.82, 2.24) is 5.43 Å². The first-order valence-corrected chi connectivity index (χ1v) is 7.31. The maximum absolute atomic E-state index is 5.98. The van der Waals surface area contributed by atoms with Gasteiger partial charge in [0.15, 0.2) is 0 Å². The first-order chi connectivity index (χ1) is 9.49. The fourth-order valence-corrected chi connectivity index (χ4v) is 2.85. The maximum Gasteiger partial charge on any atom is 0.127 e. The number of nitrogens with two attached hydrogens (primary N) is 1. The molecule has 2 unspecified atom stereocenters. The van der Waals surface area contributed by atoms with Crippen LogP contribution in [0.2, 0.25) is 0 Å². The molecule has 0 aliphatic carbocycles. The summed E-state index contributed by atoms with van der Waals surface area (Å²) >= 11 is 0. The lowest BCUT2D eigenvalue weighted by Gasteiger charge is -2.37. The molecule has 1 aliphatic heterocycles. The van der Waals surface area contributed by atoms with Crippen molar-refractivity contribution >= 4 is 0 Å². The standard InChI is InChI=1S/C16H26N2O2/c1-5-19-15(16(2,3)4)13(18-17)12-8-6-7-11-9-10-20-14(11)12/h6-8,13,15,18H,5,9-10,17H2,1-4H3. The summed E-state index contributed by atoms with van der Waals surface area (Å²) in [5.41, 5.74) is 5.26. The van der Waals surface area contributed by atoms with Gasteiger partial charge < -0.3 is 9.47 Å². The van der Waals surface area contributed by atoms with Gasteiger partial charge in [-0.05, 0) is 17.9 Å². The van der Waals surface area contributed by atoms with Crippen LogP contribution in [0.5, 0.6) is 5.75 Å². The zero-order valence-corrected chi connectivity index (χ0v) is 12.9. The number of para-hydroxylation sites is 1. The second kappa shape index (κ2) is 6.12. The number of benzene rings is 1. The second-order valence-electron chi connectivity index (χ2n) is 6.32. The quantitative estimate of drug-likeness (QED) is 0.642. The van der Waals surface area contributed by atoms with Crippen LogP contribution in [0.4, 0.5) is 0 Å². The molecule has 0 spiro atoms. The Balaban J connectivity index is 2.38. The number of hydrazine groups is 1. The van der Waals surface area contributed by atoms with Crippen molar-refractivity contribution in [3.8, 4) is 5.75 Å². The van der Waals surface area contributed by atoms with Crippen molar-refractivity contribution < 1.29 is 9.47 Å². The molecule has 0 aromatic heterocycles. The summed E-state index contributed by atoms with van der Waals surface area (Å²) in [6.07, 6.45) is 0.947. The van der Waals surface area contributed by atoms with Crippen LogP contribution in [-0.4, -0.2) is 19.3 Å². The molecule has 1 aliphatic rings. The van der Waals surface area contributed by atoms with Crippen molar-refractivity contribution in [2.45, 2.75) is 46.3 Å². The third-order valence-corrected chi connectivity index (χ3v) is 3.76. The summed E-state index contributed by atoms with van der Waals surface area (Å²) in [6.45, 7) is 9.93. The van der Waals surface area contributed by atoms with E-state index >= 15 is 0 Å². The molecule has 0 fully saturated rings. The molecule has 3 N–H and O–H groups in total. The summed E-state index contributed by atoms with van der Waals surface area (Å²) in [4.78, 5) is 0. The highest BCUT2D eigenvalue weighted by atomic mass is 16.5. The lowest BCUT2D eigenvalue weighted by molar-refractivity contribution is -0.0370. The summed E-state index contributed by atoms with van der Waals surface area (Å²) < 4.78 is 11.8. The summed E-state index contributed by atoms with van der Waals surface area (Å²) in [5, 5.41) is 0. The van der Waals surface area contributed by atoms with Gasteiger partial charge in [-0.3, -0.25) is 11.3 Å². The second-order valence-corrected chi connectivity index (χ2v) is 6.32. The minimum absolute atomic E-state index is 0.0195. The van der Waals surface area contributed by atoms with Crippen molar-refractivity contribution in [3.05, 3.63) is 29.3 Å². The van der Waals surface area contributed by atoms with Gasteiger partial charge in [-0.25, -0.2) is 0 Å². The van der Waals surface area contributed by atoms with Crippen LogP contribution < -0.4 is 16.0 Å². The smallest absolute Gasteiger partial charge is 0.127 e. The summed E-state index contributed by atoms with van der Waals surface area (Å²) in [7, 11) is 0. The molecule has 112 valence electrons. The van der Waals surface area contributed by atoms with Crippen LogP contribution in [0.25, 0.3) is 0 Å². The van der Waals surface area contributed by atoms with E-state index in [1.54, 1.807) is 0 Å². The predicted molar refractivity (Wildman–Crippen MR) is 80.6 cm³/mol. The fourth-order valence-electron chi connectivity index (χ4n) is 2.85. The van der Waals surface area contributed by atoms with Gasteiger partial charge in [-0.15, -0.1) is 0 Å². The van der Waals surface area contributed by atoms with E-state index in [4.69, 9.17) is 15.3 Å². The van der Waals surface area contributed by atoms with Crippen LogP contribution in [-0.2, 0) is 11.2 Å². The molecular formula is C16H26N2O2. The van der Waals surface area contributed by atoms with E-state index < -0.39 is 0 Å². The van der Waals surface area contributed by atoms with Gasteiger partial charge in [-0.1, -0.05) is 39.0 Å². The molecule has 2 rings (SSSR count). The Kier molecular flexibility index (Phi) is 4.68. The fraction of sp³-hybridized carbons (Fsp3) is 0.625. The molecule has 2 atom stereocenters. The molecule has 4 heteroatoms. The van der Waals surface area contributed by atoms with E-state index in [1.165, 1.54) is 5.56 Å². The molecule has 1 heterocycles. The van der Waals surface area contributed by atoms with Crippen LogP contribution in [0.15, 0.2) is 18.2 Å². The van der Waals surface area contributed by atoms with Gasteiger partial charge in [0.25, 0.3) is 0 Å².